The standard InChI is InChI=1S/C22H23NO3/c1-15(20-10-6-7-11-21(20)25-3)23-22(24)16(2)26-19-13-12-17-8-4-5-9-18(17)14-19/h4-16H,1-3H3,(H,23,24)/t15-,16-/m0/s1. The van der Waals surface area contributed by atoms with Gasteiger partial charge in [0.05, 0.1) is 13.2 Å². The van der Waals surface area contributed by atoms with E-state index in [0.717, 1.165) is 22.1 Å². The number of carbonyl (C=O) groups excluding carboxylic acids is 1. The lowest BCUT2D eigenvalue weighted by Gasteiger charge is -2.20. The summed E-state index contributed by atoms with van der Waals surface area (Å²) in [5, 5.41) is 5.21. The van der Waals surface area contributed by atoms with Crippen LogP contribution in [0.1, 0.15) is 25.5 Å². The number of carbonyl (C=O) groups is 1. The predicted octanol–water partition coefficient (Wildman–Crippen LogP) is 4.49. The van der Waals surface area contributed by atoms with E-state index in [1.807, 2.05) is 73.7 Å². The van der Waals surface area contributed by atoms with Crippen molar-refractivity contribution < 1.29 is 14.3 Å². The van der Waals surface area contributed by atoms with Crippen LogP contribution in [0.4, 0.5) is 0 Å². The third kappa shape index (κ3) is 3.97. The molecule has 1 N–H and O–H groups in total. The molecule has 4 nitrogen and oxygen atoms in total. The van der Waals surface area contributed by atoms with Gasteiger partial charge in [-0.1, -0.05) is 48.5 Å². The predicted molar refractivity (Wildman–Crippen MR) is 104 cm³/mol. The van der Waals surface area contributed by atoms with E-state index >= 15 is 0 Å². The largest absolute Gasteiger partial charge is 0.496 e. The normalized spacial score (nSPS) is 13.0. The van der Waals surface area contributed by atoms with Gasteiger partial charge >= 0.3 is 0 Å². The highest BCUT2D eigenvalue weighted by Gasteiger charge is 2.19. The summed E-state index contributed by atoms with van der Waals surface area (Å²) in [6, 6.07) is 21.4. The Morgan fingerprint density at radius 3 is 2.38 bits per heavy atom. The zero-order valence-corrected chi connectivity index (χ0v) is 15.2. The van der Waals surface area contributed by atoms with Gasteiger partial charge in [0.1, 0.15) is 11.5 Å². The Labute approximate surface area is 153 Å². The molecule has 0 heterocycles. The van der Waals surface area contributed by atoms with Crippen LogP contribution in [0.2, 0.25) is 0 Å². The summed E-state index contributed by atoms with van der Waals surface area (Å²) in [4.78, 5) is 12.5. The van der Waals surface area contributed by atoms with Crippen molar-refractivity contribution in [3.63, 3.8) is 0 Å². The molecule has 3 aromatic rings. The smallest absolute Gasteiger partial charge is 0.261 e. The molecular weight excluding hydrogens is 326 g/mol. The SMILES string of the molecule is COc1ccccc1[C@H](C)NC(=O)[C@H](C)Oc1ccc2ccccc2c1. The second-order valence-corrected chi connectivity index (χ2v) is 6.24. The number of hydrogen-bond donors (Lipinski definition) is 1. The average Bonchev–Trinajstić information content (AvgIpc) is 2.67. The average molecular weight is 349 g/mol. The highest BCUT2D eigenvalue weighted by Crippen LogP contribution is 2.25. The lowest BCUT2D eigenvalue weighted by molar-refractivity contribution is -0.127. The van der Waals surface area contributed by atoms with Crippen LogP contribution in [0, 0.1) is 0 Å². The number of methoxy groups -OCH3 is 1. The molecule has 4 heteroatoms. The maximum atomic E-state index is 12.5. The zero-order valence-electron chi connectivity index (χ0n) is 15.2. The molecule has 3 aromatic carbocycles. The summed E-state index contributed by atoms with van der Waals surface area (Å²) in [7, 11) is 1.62. The summed E-state index contributed by atoms with van der Waals surface area (Å²) >= 11 is 0. The molecule has 0 aliphatic carbocycles. The summed E-state index contributed by atoms with van der Waals surface area (Å²) in [5.74, 6) is 1.26. The number of hydrogen-bond acceptors (Lipinski definition) is 3. The Balaban J connectivity index is 1.67. The van der Waals surface area contributed by atoms with Crippen LogP contribution < -0.4 is 14.8 Å². The molecule has 26 heavy (non-hydrogen) atoms. The van der Waals surface area contributed by atoms with Gasteiger partial charge in [0.15, 0.2) is 6.10 Å². The first kappa shape index (κ1) is 17.8. The molecule has 1 amide bonds. The number of nitrogens with one attached hydrogen (secondary N) is 1. The van der Waals surface area contributed by atoms with E-state index < -0.39 is 6.10 Å². The van der Waals surface area contributed by atoms with Gasteiger partial charge < -0.3 is 14.8 Å². The van der Waals surface area contributed by atoms with Crippen molar-refractivity contribution in [1.82, 2.24) is 5.32 Å². The van der Waals surface area contributed by atoms with Crippen LogP contribution in [0.25, 0.3) is 10.8 Å². The number of para-hydroxylation sites is 1. The van der Waals surface area contributed by atoms with Gasteiger partial charge in [0.25, 0.3) is 5.91 Å². The molecule has 0 saturated heterocycles. The minimum absolute atomic E-state index is 0.170. The van der Waals surface area contributed by atoms with Crippen molar-refractivity contribution in [2.45, 2.75) is 26.0 Å². The van der Waals surface area contributed by atoms with Crippen LogP contribution in [-0.4, -0.2) is 19.1 Å². The lowest BCUT2D eigenvalue weighted by atomic mass is 10.1. The first-order valence-electron chi connectivity index (χ1n) is 8.67. The van der Waals surface area contributed by atoms with Crippen LogP contribution in [0.3, 0.4) is 0 Å². The van der Waals surface area contributed by atoms with E-state index in [0.29, 0.717) is 5.75 Å². The number of fused-ring (bicyclic) bond motifs is 1. The molecule has 3 rings (SSSR count). The van der Waals surface area contributed by atoms with Crippen LogP contribution in [0.15, 0.2) is 66.7 Å². The van der Waals surface area contributed by atoms with Crippen LogP contribution in [-0.2, 0) is 4.79 Å². The Morgan fingerprint density at radius 2 is 1.62 bits per heavy atom. The first-order chi connectivity index (χ1) is 12.6. The highest BCUT2D eigenvalue weighted by atomic mass is 16.5. The summed E-state index contributed by atoms with van der Waals surface area (Å²) in [6.45, 7) is 3.68. The molecule has 0 bridgehead atoms. The lowest BCUT2D eigenvalue weighted by Crippen LogP contribution is -2.37. The number of ether oxygens (including phenoxy) is 2. The van der Waals surface area contributed by atoms with Gasteiger partial charge in [-0.05, 0) is 42.8 Å². The van der Waals surface area contributed by atoms with Crippen molar-refractivity contribution >= 4 is 16.7 Å². The van der Waals surface area contributed by atoms with Crippen molar-refractivity contribution in [2.75, 3.05) is 7.11 Å². The highest BCUT2D eigenvalue weighted by molar-refractivity contribution is 5.84. The molecule has 2 atom stereocenters. The fourth-order valence-corrected chi connectivity index (χ4v) is 2.93. The molecule has 0 radical (unpaired) electrons. The van der Waals surface area contributed by atoms with Gasteiger partial charge in [-0.2, -0.15) is 0 Å². The van der Waals surface area contributed by atoms with Crippen molar-refractivity contribution in [1.29, 1.82) is 0 Å². The summed E-state index contributed by atoms with van der Waals surface area (Å²) in [6.07, 6.45) is -0.603. The molecule has 0 unspecified atom stereocenters. The Morgan fingerprint density at radius 1 is 0.923 bits per heavy atom. The number of benzene rings is 3. The fraction of sp³-hybridized carbons (Fsp3) is 0.227. The molecule has 0 fully saturated rings. The molecular formula is C22H23NO3. The maximum absolute atomic E-state index is 12.5. The topological polar surface area (TPSA) is 47.6 Å². The monoisotopic (exact) mass is 349 g/mol. The van der Waals surface area contributed by atoms with Crippen molar-refractivity contribution in [3.8, 4) is 11.5 Å². The summed E-state index contributed by atoms with van der Waals surface area (Å²) in [5.41, 5.74) is 0.932. The third-order valence-corrected chi connectivity index (χ3v) is 4.37. The Bertz CT molecular complexity index is 907. The maximum Gasteiger partial charge on any atom is 0.261 e. The van der Waals surface area contributed by atoms with Gasteiger partial charge in [-0.15, -0.1) is 0 Å². The van der Waals surface area contributed by atoms with E-state index in [1.165, 1.54) is 0 Å². The van der Waals surface area contributed by atoms with E-state index in [-0.39, 0.29) is 11.9 Å². The van der Waals surface area contributed by atoms with Gasteiger partial charge in [-0.25, -0.2) is 0 Å². The minimum atomic E-state index is -0.603. The Kier molecular flexibility index (Phi) is 5.42. The molecule has 0 aliphatic rings. The number of amides is 1. The van der Waals surface area contributed by atoms with E-state index in [1.54, 1.807) is 14.0 Å². The zero-order chi connectivity index (χ0) is 18.5. The quantitative estimate of drug-likeness (QED) is 0.713. The molecule has 0 spiro atoms. The van der Waals surface area contributed by atoms with E-state index in [9.17, 15) is 4.79 Å². The van der Waals surface area contributed by atoms with Crippen LogP contribution >= 0.6 is 0 Å². The van der Waals surface area contributed by atoms with E-state index in [2.05, 4.69) is 5.32 Å². The van der Waals surface area contributed by atoms with Crippen molar-refractivity contribution in [3.05, 3.63) is 72.3 Å². The van der Waals surface area contributed by atoms with Crippen LogP contribution in [0.5, 0.6) is 11.5 Å². The first-order valence-corrected chi connectivity index (χ1v) is 8.67. The molecule has 0 aromatic heterocycles. The third-order valence-electron chi connectivity index (χ3n) is 4.37. The molecule has 0 aliphatic heterocycles. The van der Waals surface area contributed by atoms with Gasteiger partial charge in [0, 0.05) is 5.56 Å². The fourth-order valence-electron chi connectivity index (χ4n) is 2.93. The Hall–Kier alpha value is -3.01. The van der Waals surface area contributed by atoms with Crippen molar-refractivity contribution in [2.24, 2.45) is 0 Å². The minimum Gasteiger partial charge on any atom is -0.496 e. The van der Waals surface area contributed by atoms with Gasteiger partial charge in [0.2, 0.25) is 0 Å². The number of rotatable bonds is 6. The summed E-state index contributed by atoms with van der Waals surface area (Å²) < 4.78 is 11.2. The molecule has 0 saturated carbocycles. The van der Waals surface area contributed by atoms with Gasteiger partial charge in [-0.3, -0.25) is 4.79 Å². The second kappa shape index (κ2) is 7.91. The second-order valence-electron chi connectivity index (χ2n) is 6.24. The van der Waals surface area contributed by atoms with E-state index in [4.69, 9.17) is 9.47 Å². The molecule has 134 valence electrons.